The van der Waals surface area contributed by atoms with Crippen molar-refractivity contribution < 1.29 is 14.4 Å². The lowest BCUT2D eigenvalue weighted by Crippen LogP contribution is -2.34. The highest BCUT2D eigenvalue weighted by atomic mass is 19.1. The Hall–Kier alpha value is -2.31. The van der Waals surface area contributed by atoms with E-state index >= 15 is 0 Å². The van der Waals surface area contributed by atoms with Gasteiger partial charge >= 0.3 is 6.03 Å². The Morgan fingerprint density at radius 2 is 2.11 bits per heavy atom. The summed E-state index contributed by atoms with van der Waals surface area (Å²) in [5.41, 5.74) is 5.63. The fourth-order valence-electron chi connectivity index (χ4n) is 1.54. The maximum Gasteiger partial charge on any atom is 0.321 e. The van der Waals surface area contributed by atoms with Crippen LogP contribution < -0.4 is 11.1 Å². The fourth-order valence-corrected chi connectivity index (χ4v) is 1.54. The van der Waals surface area contributed by atoms with Crippen molar-refractivity contribution >= 4 is 17.6 Å². The van der Waals surface area contributed by atoms with E-state index in [0.29, 0.717) is 13.1 Å². The summed E-state index contributed by atoms with van der Waals surface area (Å²) in [7, 11) is 0. The standard InChI is InChI=1S/C12H17FN4O2/c1-3-17(4-2)12(18)15-10-6-5-8(7-9(10)13)11(14)16-19/h5-7,19H,3-4H2,1-2H3,(H2,14,16)(H,15,18). The second-order valence-electron chi connectivity index (χ2n) is 3.78. The van der Waals surface area contributed by atoms with Gasteiger partial charge in [-0.2, -0.15) is 0 Å². The predicted molar refractivity (Wildman–Crippen MR) is 70.9 cm³/mol. The van der Waals surface area contributed by atoms with Crippen LogP contribution in [0.2, 0.25) is 0 Å². The molecule has 1 aromatic carbocycles. The number of oxime groups is 1. The summed E-state index contributed by atoms with van der Waals surface area (Å²) in [4.78, 5) is 13.3. The minimum absolute atomic E-state index is 0.0476. The van der Waals surface area contributed by atoms with Crippen LogP contribution >= 0.6 is 0 Å². The van der Waals surface area contributed by atoms with Gasteiger partial charge in [0.15, 0.2) is 5.84 Å². The van der Waals surface area contributed by atoms with E-state index in [0.717, 1.165) is 6.07 Å². The van der Waals surface area contributed by atoms with Gasteiger partial charge in [0, 0.05) is 18.7 Å². The van der Waals surface area contributed by atoms with Crippen LogP contribution in [0.4, 0.5) is 14.9 Å². The van der Waals surface area contributed by atoms with Gasteiger partial charge in [0.2, 0.25) is 0 Å². The zero-order chi connectivity index (χ0) is 14.4. The molecule has 2 amide bonds. The molecular formula is C12H17FN4O2. The minimum atomic E-state index is -0.649. The molecule has 19 heavy (non-hydrogen) atoms. The summed E-state index contributed by atoms with van der Waals surface area (Å²) in [5, 5.41) is 13.7. The fraction of sp³-hybridized carbons (Fsp3) is 0.333. The molecule has 0 heterocycles. The molecule has 0 aliphatic heterocycles. The van der Waals surface area contributed by atoms with Gasteiger partial charge in [-0.15, -0.1) is 0 Å². The third-order valence-corrected chi connectivity index (χ3v) is 2.66. The molecule has 6 nitrogen and oxygen atoms in total. The number of carbonyl (C=O) groups is 1. The molecule has 1 rings (SSSR count). The number of amides is 2. The monoisotopic (exact) mass is 268 g/mol. The van der Waals surface area contributed by atoms with Gasteiger partial charge in [0.25, 0.3) is 0 Å². The Kier molecular flexibility index (Phi) is 5.11. The number of benzene rings is 1. The summed E-state index contributed by atoms with van der Waals surface area (Å²) in [5.74, 6) is -0.842. The lowest BCUT2D eigenvalue weighted by molar-refractivity contribution is 0.217. The number of nitrogens with one attached hydrogen (secondary N) is 1. The van der Waals surface area contributed by atoms with Crippen LogP contribution in [0.5, 0.6) is 0 Å². The van der Waals surface area contributed by atoms with Crippen LogP contribution in [0, 0.1) is 5.82 Å². The maximum absolute atomic E-state index is 13.8. The van der Waals surface area contributed by atoms with Crippen LogP contribution in [0.15, 0.2) is 23.4 Å². The number of rotatable bonds is 4. The van der Waals surface area contributed by atoms with Crippen molar-refractivity contribution in [2.24, 2.45) is 10.9 Å². The van der Waals surface area contributed by atoms with Gasteiger partial charge in [-0.05, 0) is 32.0 Å². The number of carbonyl (C=O) groups excluding carboxylic acids is 1. The Labute approximate surface area is 110 Å². The number of anilines is 1. The lowest BCUT2D eigenvalue weighted by atomic mass is 10.2. The molecule has 0 fully saturated rings. The van der Waals surface area contributed by atoms with Crippen molar-refractivity contribution in [1.82, 2.24) is 4.90 Å². The van der Waals surface area contributed by atoms with Crippen LogP contribution in [0.1, 0.15) is 19.4 Å². The third-order valence-electron chi connectivity index (χ3n) is 2.66. The number of hydrogen-bond acceptors (Lipinski definition) is 3. The zero-order valence-corrected chi connectivity index (χ0v) is 10.9. The molecule has 1 aromatic rings. The van der Waals surface area contributed by atoms with E-state index in [2.05, 4.69) is 10.5 Å². The molecule has 0 aliphatic carbocycles. The number of hydrogen-bond donors (Lipinski definition) is 3. The van der Waals surface area contributed by atoms with Gasteiger partial charge in [0.05, 0.1) is 5.69 Å². The first kappa shape index (κ1) is 14.7. The minimum Gasteiger partial charge on any atom is -0.409 e. The molecule has 0 atom stereocenters. The summed E-state index contributed by atoms with van der Waals surface area (Å²) in [6.45, 7) is 4.74. The summed E-state index contributed by atoms with van der Waals surface area (Å²) in [6, 6.07) is 3.54. The quantitative estimate of drug-likeness (QED) is 0.336. The number of urea groups is 1. The molecule has 7 heteroatoms. The molecule has 4 N–H and O–H groups in total. The normalized spacial score (nSPS) is 11.2. The molecule has 0 spiro atoms. The second-order valence-corrected chi connectivity index (χ2v) is 3.78. The van der Waals surface area contributed by atoms with E-state index in [9.17, 15) is 9.18 Å². The van der Waals surface area contributed by atoms with Gasteiger partial charge in [-0.1, -0.05) is 5.16 Å². The average Bonchev–Trinajstić information content (AvgIpc) is 2.41. The van der Waals surface area contributed by atoms with Crippen LogP contribution in [0.3, 0.4) is 0 Å². The van der Waals surface area contributed by atoms with Gasteiger partial charge in [0.1, 0.15) is 5.82 Å². The van der Waals surface area contributed by atoms with E-state index in [1.54, 1.807) is 0 Å². The summed E-state index contributed by atoms with van der Waals surface area (Å²) < 4.78 is 13.8. The van der Waals surface area contributed by atoms with E-state index < -0.39 is 5.82 Å². The first-order valence-electron chi connectivity index (χ1n) is 5.86. The van der Waals surface area contributed by atoms with Crippen LogP contribution in [-0.4, -0.2) is 35.1 Å². The van der Waals surface area contributed by atoms with Crippen LogP contribution in [-0.2, 0) is 0 Å². The smallest absolute Gasteiger partial charge is 0.321 e. The van der Waals surface area contributed by atoms with E-state index in [1.165, 1.54) is 17.0 Å². The average molecular weight is 268 g/mol. The Morgan fingerprint density at radius 1 is 1.47 bits per heavy atom. The van der Waals surface area contributed by atoms with Crippen molar-refractivity contribution in [3.63, 3.8) is 0 Å². The predicted octanol–water partition coefficient (Wildman–Crippen LogP) is 1.79. The Morgan fingerprint density at radius 3 is 2.58 bits per heavy atom. The molecule has 104 valence electrons. The van der Waals surface area contributed by atoms with Gasteiger partial charge in [-0.25, -0.2) is 9.18 Å². The van der Waals surface area contributed by atoms with E-state index in [1.807, 2.05) is 13.8 Å². The first-order valence-corrected chi connectivity index (χ1v) is 5.86. The summed E-state index contributed by atoms with van der Waals surface area (Å²) >= 11 is 0. The van der Waals surface area contributed by atoms with E-state index in [4.69, 9.17) is 10.9 Å². The molecule has 0 bridgehead atoms. The van der Waals surface area contributed by atoms with Gasteiger partial charge in [-0.3, -0.25) is 0 Å². The topological polar surface area (TPSA) is 91.0 Å². The molecule has 0 aliphatic rings. The molecule has 0 unspecified atom stereocenters. The Bertz CT molecular complexity index is 487. The SMILES string of the molecule is CCN(CC)C(=O)Nc1ccc(/C(N)=N/O)cc1F. The van der Waals surface area contributed by atoms with Crippen molar-refractivity contribution in [3.8, 4) is 0 Å². The molecule has 0 saturated heterocycles. The number of amidine groups is 1. The van der Waals surface area contributed by atoms with E-state index in [-0.39, 0.29) is 23.1 Å². The van der Waals surface area contributed by atoms with Gasteiger partial charge < -0.3 is 21.2 Å². The third kappa shape index (κ3) is 3.57. The Balaban J connectivity index is 2.89. The zero-order valence-electron chi connectivity index (χ0n) is 10.9. The molecule has 0 saturated carbocycles. The number of nitrogens with zero attached hydrogens (tertiary/aromatic N) is 2. The van der Waals surface area contributed by atoms with Crippen molar-refractivity contribution in [2.45, 2.75) is 13.8 Å². The highest BCUT2D eigenvalue weighted by molar-refractivity contribution is 5.98. The van der Waals surface area contributed by atoms with Crippen LogP contribution in [0.25, 0.3) is 0 Å². The number of nitrogens with two attached hydrogens (primary N) is 1. The summed E-state index contributed by atoms with van der Waals surface area (Å²) in [6.07, 6.45) is 0. The maximum atomic E-state index is 13.8. The van der Waals surface area contributed by atoms with Crippen molar-refractivity contribution in [3.05, 3.63) is 29.6 Å². The lowest BCUT2D eigenvalue weighted by Gasteiger charge is -2.19. The highest BCUT2D eigenvalue weighted by Gasteiger charge is 2.13. The van der Waals surface area contributed by atoms with Crippen molar-refractivity contribution in [1.29, 1.82) is 0 Å². The highest BCUT2D eigenvalue weighted by Crippen LogP contribution is 2.16. The number of halogens is 1. The second kappa shape index (κ2) is 6.58. The van der Waals surface area contributed by atoms with Crippen molar-refractivity contribution in [2.75, 3.05) is 18.4 Å². The molecule has 0 radical (unpaired) electrons. The molecular weight excluding hydrogens is 251 g/mol. The first-order chi connectivity index (χ1) is 9.03. The largest absolute Gasteiger partial charge is 0.409 e. The molecule has 0 aromatic heterocycles.